The molecule has 0 atom stereocenters. The second-order valence-corrected chi connectivity index (χ2v) is 4.20. The zero-order valence-electron chi connectivity index (χ0n) is 9.08. The molecule has 0 amide bonds. The number of nitrogens with zero attached hydrogens (tertiary/aromatic N) is 5. The lowest BCUT2D eigenvalue weighted by Crippen LogP contribution is -1.99. The standard InChI is InChI=1S/C9H12N6S/c1-6-13-14-9(15(6)2)16-8-11-4-7(3-10)5-12-8/h4-5H,3,10H2,1-2H3. The Morgan fingerprint density at radius 2 is 2.00 bits per heavy atom. The zero-order valence-corrected chi connectivity index (χ0v) is 9.90. The molecule has 2 heterocycles. The quantitative estimate of drug-likeness (QED) is 0.782. The van der Waals surface area contributed by atoms with Crippen LogP contribution in [0.4, 0.5) is 0 Å². The van der Waals surface area contributed by atoms with E-state index in [9.17, 15) is 0 Å². The Morgan fingerprint density at radius 1 is 1.31 bits per heavy atom. The highest BCUT2D eigenvalue weighted by Crippen LogP contribution is 2.21. The van der Waals surface area contributed by atoms with Gasteiger partial charge in [-0.15, -0.1) is 10.2 Å². The Balaban J connectivity index is 2.17. The minimum absolute atomic E-state index is 0.452. The molecule has 2 aromatic heterocycles. The molecule has 0 radical (unpaired) electrons. The summed E-state index contributed by atoms with van der Waals surface area (Å²) in [6.45, 7) is 2.35. The van der Waals surface area contributed by atoms with Gasteiger partial charge in [0, 0.05) is 31.5 Å². The molecule has 0 unspecified atom stereocenters. The largest absolute Gasteiger partial charge is 0.326 e. The number of hydrogen-bond donors (Lipinski definition) is 1. The maximum Gasteiger partial charge on any atom is 0.198 e. The molecule has 0 saturated heterocycles. The molecule has 0 aliphatic heterocycles. The molecule has 6 nitrogen and oxygen atoms in total. The van der Waals surface area contributed by atoms with E-state index in [1.165, 1.54) is 11.8 Å². The lowest BCUT2D eigenvalue weighted by Gasteiger charge is -2.00. The summed E-state index contributed by atoms with van der Waals surface area (Å²) in [5.74, 6) is 0.862. The van der Waals surface area contributed by atoms with Crippen LogP contribution < -0.4 is 5.73 Å². The molecule has 2 rings (SSSR count). The van der Waals surface area contributed by atoms with Crippen LogP contribution in [-0.2, 0) is 13.6 Å². The molecule has 2 N–H and O–H groups in total. The molecule has 16 heavy (non-hydrogen) atoms. The van der Waals surface area contributed by atoms with E-state index < -0.39 is 0 Å². The third kappa shape index (κ3) is 2.20. The molecule has 0 aliphatic rings. The Bertz CT molecular complexity index is 477. The zero-order chi connectivity index (χ0) is 11.5. The van der Waals surface area contributed by atoms with Crippen molar-refractivity contribution < 1.29 is 0 Å². The number of rotatable bonds is 3. The highest BCUT2D eigenvalue weighted by molar-refractivity contribution is 7.99. The number of aromatic nitrogens is 5. The fraction of sp³-hybridized carbons (Fsp3) is 0.333. The molecule has 0 aromatic carbocycles. The van der Waals surface area contributed by atoms with E-state index in [-0.39, 0.29) is 0 Å². The van der Waals surface area contributed by atoms with Crippen LogP contribution in [0.3, 0.4) is 0 Å². The SMILES string of the molecule is Cc1nnc(Sc2ncc(CN)cn2)n1C. The maximum atomic E-state index is 5.47. The van der Waals surface area contributed by atoms with Crippen molar-refractivity contribution in [3.8, 4) is 0 Å². The van der Waals surface area contributed by atoms with Crippen molar-refractivity contribution in [3.63, 3.8) is 0 Å². The average Bonchev–Trinajstić information content (AvgIpc) is 2.62. The monoisotopic (exact) mass is 236 g/mol. The first-order chi connectivity index (χ1) is 7.70. The van der Waals surface area contributed by atoms with Crippen molar-refractivity contribution >= 4 is 11.8 Å². The normalized spacial score (nSPS) is 10.7. The van der Waals surface area contributed by atoms with Gasteiger partial charge in [-0.3, -0.25) is 0 Å². The van der Waals surface area contributed by atoms with Crippen LogP contribution in [0.15, 0.2) is 22.7 Å². The summed E-state index contributed by atoms with van der Waals surface area (Å²) < 4.78 is 1.89. The minimum atomic E-state index is 0.452. The van der Waals surface area contributed by atoms with E-state index in [1.54, 1.807) is 12.4 Å². The van der Waals surface area contributed by atoms with Crippen LogP contribution in [-0.4, -0.2) is 24.7 Å². The second-order valence-electron chi connectivity index (χ2n) is 3.27. The predicted molar refractivity (Wildman–Crippen MR) is 59.8 cm³/mol. The first kappa shape index (κ1) is 11.0. The first-order valence-electron chi connectivity index (χ1n) is 4.75. The highest BCUT2D eigenvalue weighted by Gasteiger charge is 2.08. The van der Waals surface area contributed by atoms with Crippen molar-refractivity contribution in [3.05, 3.63) is 23.8 Å². The number of aryl methyl sites for hydroxylation is 1. The molecular formula is C9H12N6S. The van der Waals surface area contributed by atoms with Gasteiger partial charge in [0.1, 0.15) is 5.82 Å². The highest BCUT2D eigenvalue weighted by atomic mass is 32.2. The molecule has 0 fully saturated rings. The van der Waals surface area contributed by atoms with Gasteiger partial charge >= 0.3 is 0 Å². The maximum absolute atomic E-state index is 5.47. The van der Waals surface area contributed by atoms with Crippen molar-refractivity contribution in [1.82, 2.24) is 24.7 Å². The average molecular weight is 236 g/mol. The molecule has 84 valence electrons. The van der Waals surface area contributed by atoms with E-state index in [0.29, 0.717) is 11.7 Å². The van der Waals surface area contributed by atoms with Crippen molar-refractivity contribution in [2.45, 2.75) is 23.8 Å². The first-order valence-corrected chi connectivity index (χ1v) is 5.57. The minimum Gasteiger partial charge on any atom is -0.326 e. The van der Waals surface area contributed by atoms with Gasteiger partial charge in [-0.25, -0.2) is 9.97 Å². The van der Waals surface area contributed by atoms with Gasteiger partial charge in [-0.1, -0.05) is 0 Å². The molecular weight excluding hydrogens is 224 g/mol. The summed E-state index contributed by atoms with van der Waals surface area (Å²) in [6.07, 6.45) is 3.44. The van der Waals surface area contributed by atoms with Crippen LogP contribution in [0.1, 0.15) is 11.4 Å². The Hall–Kier alpha value is -1.47. The van der Waals surface area contributed by atoms with Gasteiger partial charge in [-0.05, 0) is 18.7 Å². The second kappa shape index (κ2) is 4.58. The van der Waals surface area contributed by atoms with Gasteiger partial charge in [0.05, 0.1) is 0 Å². The topological polar surface area (TPSA) is 82.5 Å². The van der Waals surface area contributed by atoms with E-state index >= 15 is 0 Å². The lowest BCUT2D eigenvalue weighted by molar-refractivity contribution is 0.761. The third-order valence-corrected chi connectivity index (χ3v) is 3.08. The molecule has 0 saturated carbocycles. The third-order valence-electron chi connectivity index (χ3n) is 2.15. The van der Waals surface area contributed by atoms with Crippen LogP contribution in [0.5, 0.6) is 0 Å². The lowest BCUT2D eigenvalue weighted by atomic mass is 10.4. The Labute approximate surface area is 97.3 Å². The van der Waals surface area contributed by atoms with Crippen molar-refractivity contribution in [2.75, 3.05) is 0 Å². The fourth-order valence-electron chi connectivity index (χ4n) is 1.06. The molecule has 0 aliphatic carbocycles. The van der Waals surface area contributed by atoms with Crippen LogP contribution >= 0.6 is 11.8 Å². The van der Waals surface area contributed by atoms with Gasteiger partial charge in [0.2, 0.25) is 0 Å². The summed E-state index contributed by atoms with van der Waals surface area (Å²) in [7, 11) is 1.91. The van der Waals surface area contributed by atoms with Crippen LogP contribution in [0.2, 0.25) is 0 Å². The van der Waals surface area contributed by atoms with Gasteiger partial charge in [-0.2, -0.15) is 0 Å². The van der Waals surface area contributed by atoms with Gasteiger partial charge in [0.25, 0.3) is 0 Å². The number of nitrogens with two attached hydrogens (primary N) is 1. The fourth-order valence-corrected chi connectivity index (χ4v) is 1.78. The number of hydrogen-bond acceptors (Lipinski definition) is 6. The molecule has 7 heteroatoms. The summed E-state index contributed by atoms with van der Waals surface area (Å²) >= 11 is 1.38. The van der Waals surface area contributed by atoms with E-state index in [0.717, 1.165) is 16.5 Å². The Morgan fingerprint density at radius 3 is 2.50 bits per heavy atom. The van der Waals surface area contributed by atoms with Crippen molar-refractivity contribution in [2.24, 2.45) is 12.8 Å². The predicted octanol–water partition coefficient (Wildman–Crippen LogP) is 0.523. The Kier molecular flexibility index (Phi) is 3.16. The van der Waals surface area contributed by atoms with Crippen LogP contribution in [0, 0.1) is 6.92 Å². The van der Waals surface area contributed by atoms with Crippen molar-refractivity contribution in [1.29, 1.82) is 0 Å². The smallest absolute Gasteiger partial charge is 0.198 e. The summed E-state index contributed by atoms with van der Waals surface area (Å²) in [6, 6.07) is 0. The molecule has 0 bridgehead atoms. The van der Waals surface area contributed by atoms with Gasteiger partial charge < -0.3 is 10.3 Å². The van der Waals surface area contributed by atoms with E-state index in [1.807, 2.05) is 18.5 Å². The summed E-state index contributed by atoms with van der Waals surface area (Å²) in [5.41, 5.74) is 6.38. The molecule has 0 spiro atoms. The van der Waals surface area contributed by atoms with E-state index in [2.05, 4.69) is 20.2 Å². The summed E-state index contributed by atoms with van der Waals surface area (Å²) in [4.78, 5) is 8.37. The van der Waals surface area contributed by atoms with Crippen LogP contribution in [0.25, 0.3) is 0 Å². The van der Waals surface area contributed by atoms with Gasteiger partial charge in [0.15, 0.2) is 10.3 Å². The summed E-state index contributed by atoms with van der Waals surface area (Å²) in [5, 5.41) is 9.41. The molecule has 2 aromatic rings. The van der Waals surface area contributed by atoms with E-state index in [4.69, 9.17) is 5.73 Å².